The molecule has 20 heavy (non-hydrogen) atoms. The van der Waals surface area contributed by atoms with Gasteiger partial charge >= 0.3 is 6.09 Å². The molecule has 0 aliphatic rings. The molecule has 7 heteroatoms. The van der Waals surface area contributed by atoms with Crippen LogP contribution < -0.4 is 3.07 Å². The number of hydrogen-bond donors (Lipinski definition) is 0. The first kappa shape index (κ1) is 15.0. The molecule has 0 fully saturated rings. The second-order valence-electron chi connectivity index (χ2n) is 4.25. The van der Waals surface area contributed by atoms with Crippen molar-refractivity contribution in [2.75, 3.05) is 6.61 Å². The van der Waals surface area contributed by atoms with Gasteiger partial charge in [-0.15, -0.1) is 0 Å². The Balaban J connectivity index is 2.62. The monoisotopic (exact) mass is 395 g/mol. The minimum absolute atomic E-state index is 0.115. The first-order chi connectivity index (χ1) is 9.51. The highest BCUT2D eigenvalue weighted by Gasteiger charge is 2.22. The number of carbonyl (C=O) groups excluding carboxylic acids is 1. The number of rotatable bonds is 3. The summed E-state index contributed by atoms with van der Waals surface area (Å²) in [7, 11) is 0. The lowest BCUT2D eigenvalue weighted by molar-refractivity contribution is 0.148. The third-order valence-corrected chi connectivity index (χ3v) is 3.27. The van der Waals surface area contributed by atoms with Gasteiger partial charge in [0.15, 0.2) is 34.6 Å². The van der Waals surface area contributed by atoms with Crippen LogP contribution in [0.15, 0.2) is 12.1 Å². The molecule has 0 spiro atoms. The van der Waals surface area contributed by atoms with Crippen molar-refractivity contribution in [1.29, 1.82) is 0 Å². The molecule has 0 amide bonds. The van der Waals surface area contributed by atoms with Crippen molar-refractivity contribution in [3.63, 3.8) is 0 Å². The summed E-state index contributed by atoms with van der Waals surface area (Å²) in [6.45, 7) is 3.73. The maximum atomic E-state index is 14.1. The Hall–Kier alpha value is -1.38. The van der Waals surface area contributed by atoms with E-state index in [4.69, 9.17) is 4.74 Å². The fourth-order valence-corrected chi connectivity index (χ4v) is 2.36. The molecule has 0 unspecified atom stereocenters. The van der Waals surface area contributed by atoms with Gasteiger partial charge in [-0.2, -0.15) is 0 Å². The van der Waals surface area contributed by atoms with Crippen LogP contribution in [0.4, 0.5) is 13.6 Å². The Morgan fingerprint density at radius 2 is 2.10 bits per heavy atom. The van der Waals surface area contributed by atoms with Gasteiger partial charge < -0.3 is 7.80 Å². The van der Waals surface area contributed by atoms with Crippen LogP contribution in [-0.2, 0) is 4.74 Å². The Kier molecular flexibility index (Phi) is 4.46. The van der Waals surface area contributed by atoms with Crippen molar-refractivity contribution in [3.05, 3.63) is 29.5 Å². The SMILES string of the molecule is CCCOC(=O)n1c(C)cc2c(F)c(OI)c(F)cc21. The maximum absolute atomic E-state index is 14.1. The number of ether oxygens (including phenoxy) is 1. The van der Waals surface area contributed by atoms with Gasteiger partial charge in [0.05, 0.1) is 12.1 Å². The first-order valence-corrected chi connectivity index (χ1v) is 6.85. The minimum atomic E-state index is -0.868. The highest BCUT2D eigenvalue weighted by molar-refractivity contribution is 14.1. The van der Waals surface area contributed by atoms with E-state index in [1.54, 1.807) is 6.92 Å². The molecule has 1 heterocycles. The van der Waals surface area contributed by atoms with E-state index in [0.29, 0.717) is 12.1 Å². The first-order valence-electron chi connectivity index (χ1n) is 5.97. The van der Waals surface area contributed by atoms with Crippen LogP contribution >= 0.6 is 23.0 Å². The minimum Gasteiger partial charge on any atom is -0.449 e. The highest BCUT2D eigenvalue weighted by Crippen LogP contribution is 2.32. The van der Waals surface area contributed by atoms with Crippen molar-refractivity contribution in [1.82, 2.24) is 4.57 Å². The van der Waals surface area contributed by atoms with Crippen molar-refractivity contribution < 1.29 is 21.4 Å². The van der Waals surface area contributed by atoms with Crippen molar-refractivity contribution in [2.45, 2.75) is 20.3 Å². The molecule has 2 rings (SSSR count). The number of carbonyl (C=O) groups is 1. The number of halogens is 3. The largest absolute Gasteiger partial charge is 0.449 e. The zero-order chi connectivity index (χ0) is 14.9. The second kappa shape index (κ2) is 5.94. The normalized spacial score (nSPS) is 10.8. The van der Waals surface area contributed by atoms with Crippen molar-refractivity contribution in [2.24, 2.45) is 0 Å². The number of nitrogens with zero attached hydrogens (tertiary/aromatic N) is 1. The Morgan fingerprint density at radius 1 is 1.40 bits per heavy atom. The molecule has 0 atom stereocenters. The van der Waals surface area contributed by atoms with Gasteiger partial charge in [-0.25, -0.2) is 18.1 Å². The fraction of sp³-hybridized carbons (Fsp3) is 0.308. The summed E-state index contributed by atoms with van der Waals surface area (Å²) >= 11 is 1.41. The lowest BCUT2D eigenvalue weighted by atomic mass is 10.2. The summed E-state index contributed by atoms with van der Waals surface area (Å²) < 4.78 is 38.7. The molecule has 0 saturated heterocycles. The number of aromatic nitrogens is 1. The number of benzene rings is 1. The van der Waals surface area contributed by atoms with Gasteiger partial charge in [-0.05, 0) is 19.4 Å². The molecule has 1 aromatic heterocycles. The van der Waals surface area contributed by atoms with Gasteiger partial charge in [-0.3, -0.25) is 0 Å². The van der Waals surface area contributed by atoms with Gasteiger partial charge in [0.25, 0.3) is 0 Å². The van der Waals surface area contributed by atoms with Crippen LogP contribution in [0.25, 0.3) is 10.9 Å². The van der Waals surface area contributed by atoms with E-state index in [-0.39, 0.29) is 17.5 Å². The summed E-state index contributed by atoms with van der Waals surface area (Å²) in [4.78, 5) is 11.9. The quantitative estimate of drug-likeness (QED) is 0.726. The Morgan fingerprint density at radius 3 is 2.70 bits per heavy atom. The van der Waals surface area contributed by atoms with Gasteiger partial charge in [0, 0.05) is 17.1 Å². The van der Waals surface area contributed by atoms with Gasteiger partial charge in [0.1, 0.15) is 0 Å². The standard InChI is InChI=1S/C13H12F2INO3/c1-3-4-19-13(18)17-7(2)5-8-10(17)6-9(14)12(20-16)11(8)15/h5-6H,3-4H2,1-2H3. The smallest absolute Gasteiger partial charge is 0.418 e. The topological polar surface area (TPSA) is 40.5 Å². The summed E-state index contributed by atoms with van der Waals surface area (Å²) in [5.74, 6) is -2.18. The molecule has 0 N–H and O–H groups in total. The fourth-order valence-electron chi connectivity index (χ4n) is 1.96. The molecule has 4 nitrogen and oxygen atoms in total. The number of aryl methyl sites for hydroxylation is 1. The predicted octanol–water partition coefficient (Wildman–Crippen LogP) is 4.35. The average Bonchev–Trinajstić information content (AvgIpc) is 2.73. The lowest BCUT2D eigenvalue weighted by Gasteiger charge is -2.08. The third kappa shape index (κ3) is 2.46. The predicted molar refractivity (Wildman–Crippen MR) is 78.3 cm³/mol. The van der Waals surface area contributed by atoms with Crippen LogP contribution in [0.2, 0.25) is 0 Å². The van der Waals surface area contributed by atoms with Crippen molar-refractivity contribution in [3.8, 4) is 5.75 Å². The molecule has 0 aliphatic carbocycles. The van der Waals surface area contributed by atoms with E-state index in [2.05, 4.69) is 3.07 Å². The highest BCUT2D eigenvalue weighted by atomic mass is 127. The van der Waals surface area contributed by atoms with Crippen LogP contribution in [0.3, 0.4) is 0 Å². The van der Waals surface area contributed by atoms with Crippen LogP contribution in [0.5, 0.6) is 5.75 Å². The lowest BCUT2D eigenvalue weighted by Crippen LogP contribution is -2.15. The third-order valence-electron chi connectivity index (χ3n) is 2.83. The maximum Gasteiger partial charge on any atom is 0.418 e. The molecular formula is C13H12F2INO3. The molecule has 0 aliphatic heterocycles. The van der Waals surface area contributed by atoms with Gasteiger partial charge in [0.2, 0.25) is 5.75 Å². The summed E-state index contributed by atoms with van der Waals surface area (Å²) in [6, 6.07) is 2.52. The summed E-state index contributed by atoms with van der Waals surface area (Å²) in [5, 5.41) is 0.115. The molecule has 0 bridgehead atoms. The summed E-state index contributed by atoms with van der Waals surface area (Å²) in [6.07, 6.45) is 0.0146. The van der Waals surface area contributed by atoms with E-state index in [1.165, 1.54) is 29.1 Å². The van der Waals surface area contributed by atoms with E-state index >= 15 is 0 Å². The molecule has 0 radical (unpaired) electrons. The number of fused-ring (bicyclic) bond motifs is 1. The molecular weight excluding hydrogens is 383 g/mol. The van der Waals surface area contributed by atoms with E-state index < -0.39 is 23.5 Å². The Bertz CT molecular complexity index is 669. The van der Waals surface area contributed by atoms with Crippen LogP contribution in [-0.4, -0.2) is 17.3 Å². The summed E-state index contributed by atoms with van der Waals surface area (Å²) in [5.41, 5.74) is 0.584. The van der Waals surface area contributed by atoms with E-state index in [1.807, 2.05) is 6.92 Å². The van der Waals surface area contributed by atoms with Crippen molar-refractivity contribution >= 4 is 40.0 Å². The Labute approximate surface area is 128 Å². The number of hydrogen-bond acceptors (Lipinski definition) is 3. The van der Waals surface area contributed by atoms with Crippen LogP contribution in [0.1, 0.15) is 19.0 Å². The zero-order valence-corrected chi connectivity index (χ0v) is 13.0. The zero-order valence-electron chi connectivity index (χ0n) is 10.9. The van der Waals surface area contributed by atoms with E-state index in [9.17, 15) is 13.6 Å². The molecule has 1 aromatic carbocycles. The van der Waals surface area contributed by atoms with Crippen LogP contribution in [0, 0.1) is 18.6 Å². The second-order valence-corrected chi connectivity index (χ2v) is 4.69. The van der Waals surface area contributed by atoms with E-state index in [0.717, 1.165) is 10.6 Å². The molecule has 0 saturated carbocycles. The molecule has 108 valence electrons. The molecule has 2 aromatic rings. The average molecular weight is 395 g/mol. The van der Waals surface area contributed by atoms with Gasteiger partial charge in [-0.1, -0.05) is 6.92 Å².